The molecule has 7 nitrogen and oxygen atoms in total. The molecule has 0 unspecified atom stereocenters. The highest BCUT2D eigenvalue weighted by Crippen LogP contribution is 2.35. The number of phenolic OH excluding ortho intramolecular Hbond substituents is 1. The molecule has 39 heavy (non-hydrogen) atoms. The van der Waals surface area contributed by atoms with E-state index in [0.717, 1.165) is 16.9 Å². The van der Waals surface area contributed by atoms with E-state index in [-0.39, 0.29) is 41.7 Å². The second-order valence-electron chi connectivity index (χ2n) is 10.2. The van der Waals surface area contributed by atoms with E-state index in [9.17, 15) is 27.9 Å². The Morgan fingerprint density at radius 3 is 2.46 bits per heavy atom. The lowest BCUT2D eigenvalue weighted by Gasteiger charge is -2.38. The Bertz CT molecular complexity index is 1320. The molecule has 0 saturated heterocycles. The predicted molar refractivity (Wildman–Crippen MR) is 147 cm³/mol. The first-order valence-electron chi connectivity index (χ1n) is 13.3. The van der Waals surface area contributed by atoms with E-state index in [1.807, 2.05) is 0 Å². The molecule has 0 spiro atoms. The summed E-state index contributed by atoms with van der Waals surface area (Å²) >= 11 is 1.04. The van der Waals surface area contributed by atoms with Crippen LogP contribution in [0.15, 0.2) is 41.2 Å². The first kappa shape index (κ1) is 29.1. The molecule has 1 aromatic heterocycles. The Morgan fingerprint density at radius 1 is 1.03 bits per heavy atom. The molecule has 0 atom stereocenters. The maximum atomic E-state index is 14.2. The fourth-order valence-corrected chi connectivity index (χ4v) is 6.15. The minimum absolute atomic E-state index is 0.0124. The lowest BCUT2D eigenvalue weighted by Crippen LogP contribution is -2.45. The van der Waals surface area contributed by atoms with Crippen LogP contribution in [0.5, 0.6) is 5.75 Å². The summed E-state index contributed by atoms with van der Waals surface area (Å²) in [6.07, 6.45) is 1.67. The molecule has 0 aliphatic heterocycles. The minimum Gasteiger partial charge on any atom is -0.506 e. The topological polar surface area (TPSA) is 103 Å². The number of carbonyl (C=O) groups is 1. The Hall–Kier alpha value is -2.89. The second-order valence-corrected chi connectivity index (χ2v) is 11.2. The van der Waals surface area contributed by atoms with Crippen molar-refractivity contribution in [2.24, 2.45) is 5.73 Å². The number of nitrogens with one attached hydrogen (secondary N) is 1. The number of amides is 1. The zero-order valence-electron chi connectivity index (χ0n) is 21.8. The maximum absolute atomic E-state index is 14.2. The van der Waals surface area contributed by atoms with E-state index < -0.39 is 11.8 Å². The van der Waals surface area contributed by atoms with Crippen LogP contribution >= 0.6 is 11.3 Å². The third kappa shape index (κ3) is 8.06. The minimum atomic E-state index is -2.64. The lowest BCUT2D eigenvalue weighted by atomic mass is 9.91. The van der Waals surface area contributed by atoms with Crippen molar-refractivity contribution < 1.29 is 23.1 Å². The average molecular weight is 565 g/mol. The van der Waals surface area contributed by atoms with Gasteiger partial charge in [0.05, 0.1) is 4.70 Å². The number of alkyl halides is 2. The number of hydrogen-bond donors (Lipinski definition) is 3. The Morgan fingerprint density at radius 2 is 1.74 bits per heavy atom. The molecule has 3 aromatic rings. The molecule has 4 N–H and O–H groups in total. The normalized spacial score (nSPS) is 15.9. The van der Waals surface area contributed by atoms with Crippen molar-refractivity contribution in [3.05, 3.63) is 63.0 Å². The standard InChI is InChI=1S/C28H35F3N4O3S/c29-22-4-2-1-3-19(22)9-14-34(15-11-24(32)37)17-18-35(21-7-12-28(30,31)13-8-21)16-10-20-5-6-23(36)25-26(20)39-27(38)33-25/h1-6,21,36H,7-18H2,(H2,32,37)(H,33,38). The molecule has 1 aliphatic rings. The van der Waals surface area contributed by atoms with Crippen molar-refractivity contribution in [1.29, 1.82) is 0 Å². The number of carbonyl (C=O) groups excluding carboxylic acids is 1. The van der Waals surface area contributed by atoms with Crippen LogP contribution in [0.3, 0.4) is 0 Å². The number of aromatic hydroxyl groups is 1. The molecular weight excluding hydrogens is 529 g/mol. The monoisotopic (exact) mass is 564 g/mol. The average Bonchev–Trinajstić information content (AvgIpc) is 3.29. The summed E-state index contributed by atoms with van der Waals surface area (Å²) in [7, 11) is 0. The molecule has 4 rings (SSSR count). The highest BCUT2D eigenvalue weighted by Gasteiger charge is 2.36. The van der Waals surface area contributed by atoms with E-state index in [4.69, 9.17) is 5.73 Å². The molecule has 1 heterocycles. The highest BCUT2D eigenvalue weighted by atomic mass is 32.1. The summed E-state index contributed by atoms with van der Waals surface area (Å²) in [4.78, 5) is 30.1. The largest absolute Gasteiger partial charge is 0.506 e. The van der Waals surface area contributed by atoms with Crippen LogP contribution in [0.25, 0.3) is 10.2 Å². The van der Waals surface area contributed by atoms with Gasteiger partial charge in [0.2, 0.25) is 11.8 Å². The van der Waals surface area contributed by atoms with Gasteiger partial charge in [-0.25, -0.2) is 13.2 Å². The summed E-state index contributed by atoms with van der Waals surface area (Å²) in [5.41, 5.74) is 7.30. The van der Waals surface area contributed by atoms with E-state index >= 15 is 0 Å². The second kappa shape index (κ2) is 13.0. The van der Waals surface area contributed by atoms with Crippen molar-refractivity contribution in [3.8, 4) is 5.75 Å². The number of aromatic nitrogens is 1. The number of thiazole rings is 1. The van der Waals surface area contributed by atoms with E-state index in [1.54, 1.807) is 30.3 Å². The van der Waals surface area contributed by atoms with Gasteiger partial charge in [-0.1, -0.05) is 35.6 Å². The highest BCUT2D eigenvalue weighted by molar-refractivity contribution is 7.16. The van der Waals surface area contributed by atoms with E-state index in [1.165, 1.54) is 6.07 Å². The summed E-state index contributed by atoms with van der Waals surface area (Å²) in [6, 6.07) is 9.92. The molecule has 0 radical (unpaired) electrons. The van der Waals surface area contributed by atoms with Crippen LogP contribution in [0.4, 0.5) is 13.2 Å². The first-order valence-corrected chi connectivity index (χ1v) is 14.1. The van der Waals surface area contributed by atoms with Crippen molar-refractivity contribution in [2.45, 2.75) is 56.9 Å². The molecule has 11 heteroatoms. The van der Waals surface area contributed by atoms with Gasteiger partial charge in [0, 0.05) is 58.0 Å². The smallest absolute Gasteiger partial charge is 0.305 e. The number of nitrogens with two attached hydrogens (primary N) is 1. The van der Waals surface area contributed by atoms with Gasteiger partial charge in [-0.05, 0) is 48.9 Å². The van der Waals surface area contributed by atoms with Crippen LogP contribution in [-0.2, 0) is 17.6 Å². The third-order valence-corrected chi connectivity index (χ3v) is 8.50. The molecule has 1 amide bonds. The van der Waals surface area contributed by atoms with Crippen molar-refractivity contribution in [3.63, 3.8) is 0 Å². The molecule has 1 saturated carbocycles. The number of primary amides is 1. The van der Waals surface area contributed by atoms with Gasteiger partial charge in [-0.3, -0.25) is 14.5 Å². The zero-order valence-corrected chi connectivity index (χ0v) is 22.6. The number of hydrogen-bond acceptors (Lipinski definition) is 6. The van der Waals surface area contributed by atoms with Crippen LogP contribution in [-0.4, -0.2) is 70.5 Å². The van der Waals surface area contributed by atoms with Crippen LogP contribution < -0.4 is 10.6 Å². The molecule has 0 bridgehead atoms. The quantitative estimate of drug-likeness (QED) is 0.288. The van der Waals surface area contributed by atoms with Gasteiger partial charge in [0.15, 0.2) is 0 Å². The predicted octanol–water partition coefficient (Wildman–Crippen LogP) is 4.28. The summed E-state index contributed by atoms with van der Waals surface area (Å²) in [5, 5.41) is 10.1. The van der Waals surface area contributed by atoms with Gasteiger partial charge >= 0.3 is 4.87 Å². The van der Waals surface area contributed by atoms with Gasteiger partial charge in [-0.15, -0.1) is 0 Å². The Balaban J connectivity index is 1.46. The number of H-pyrrole nitrogens is 1. The number of phenols is 1. The summed E-state index contributed by atoms with van der Waals surface area (Å²) < 4.78 is 42.7. The molecule has 1 aliphatic carbocycles. The Labute approximate surface area is 229 Å². The molecule has 2 aromatic carbocycles. The maximum Gasteiger partial charge on any atom is 0.305 e. The first-order chi connectivity index (χ1) is 18.6. The number of benzene rings is 2. The summed E-state index contributed by atoms with van der Waals surface area (Å²) in [5.74, 6) is -3.32. The number of aromatic amines is 1. The molecule has 212 valence electrons. The zero-order chi connectivity index (χ0) is 28.0. The third-order valence-electron chi connectivity index (χ3n) is 7.54. The number of nitrogens with zero attached hydrogens (tertiary/aromatic N) is 2. The van der Waals surface area contributed by atoms with Gasteiger partial charge < -0.3 is 20.7 Å². The molecular formula is C28H35F3N4O3S. The lowest BCUT2D eigenvalue weighted by molar-refractivity contribution is -0.118. The van der Waals surface area contributed by atoms with Crippen molar-refractivity contribution in [2.75, 3.05) is 32.7 Å². The van der Waals surface area contributed by atoms with Gasteiger partial charge in [-0.2, -0.15) is 0 Å². The van der Waals surface area contributed by atoms with Gasteiger partial charge in [0.25, 0.3) is 0 Å². The van der Waals surface area contributed by atoms with Crippen LogP contribution in [0.2, 0.25) is 0 Å². The number of halogens is 3. The Kier molecular flexibility index (Phi) is 9.68. The fourth-order valence-electron chi connectivity index (χ4n) is 5.25. The van der Waals surface area contributed by atoms with E-state index in [2.05, 4.69) is 14.8 Å². The molecule has 1 fully saturated rings. The van der Waals surface area contributed by atoms with Crippen LogP contribution in [0, 0.1) is 5.82 Å². The number of rotatable bonds is 13. The van der Waals surface area contributed by atoms with Crippen molar-refractivity contribution >= 4 is 27.5 Å². The van der Waals surface area contributed by atoms with Gasteiger partial charge in [0.1, 0.15) is 17.1 Å². The SMILES string of the molecule is NC(=O)CCN(CCc1ccccc1F)CCN(CCc1ccc(O)c2[nH]c(=O)sc12)C1CCC(F)(F)CC1. The van der Waals surface area contributed by atoms with Crippen LogP contribution in [0.1, 0.15) is 43.2 Å². The van der Waals surface area contributed by atoms with Crippen molar-refractivity contribution in [1.82, 2.24) is 14.8 Å². The van der Waals surface area contributed by atoms with E-state index in [0.29, 0.717) is 74.2 Å². The number of fused-ring (bicyclic) bond motifs is 1. The summed E-state index contributed by atoms with van der Waals surface area (Å²) in [6.45, 7) is 2.68. The fraction of sp³-hybridized carbons (Fsp3) is 0.500.